The SMILES string of the molecule is c1ccc(C2=NC(c3ccccc3)CS2)cc1. The fraction of sp³-hybridized carbons (Fsp3) is 0.133. The third-order valence-corrected chi connectivity index (χ3v) is 3.95. The fourth-order valence-electron chi connectivity index (χ4n) is 1.96. The van der Waals surface area contributed by atoms with E-state index in [0.717, 1.165) is 5.75 Å². The average molecular weight is 239 g/mol. The van der Waals surface area contributed by atoms with Gasteiger partial charge in [0.2, 0.25) is 0 Å². The van der Waals surface area contributed by atoms with E-state index in [4.69, 9.17) is 4.99 Å². The van der Waals surface area contributed by atoms with Crippen LogP contribution < -0.4 is 0 Å². The van der Waals surface area contributed by atoms with Crippen LogP contribution in [0.5, 0.6) is 0 Å². The zero-order chi connectivity index (χ0) is 11.5. The van der Waals surface area contributed by atoms with Gasteiger partial charge >= 0.3 is 0 Å². The van der Waals surface area contributed by atoms with Crippen molar-refractivity contribution in [3.05, 3.63) is 71.8 Å². The van der Waals surface area contributed by atoms with Crippen LogP contribution in [0.4, 0.5) is 0 Å². The summed E-state index contributed by atoms with van der Waals surface area (Å²) in [5.41, 5.74) is 2.54. The maximum Gasteiger partial charge on any atom is 0.0985 e. The van der Waals surface area contributed by atoms with Crippen LogP contribution in [0.15, 0.2) is 65.7 Å². The number of aliphatic imine (C=N–C) groups is 1. The first-order chi connectivity index (χ1) is 8.43. The molecule has 0 N–H and O–H groups in total. The molecule has 0 aliphatic carbocycles. The number of hydrogen-bond acceptors (Lipinski definition) is 2. The highest BCUT2D eigenvalue weighted by atomic mass is 32.2. The minimum Gasteiger partial charge on any atom is -0.269 e. The average Bonchev–Trinajstić information content (AvgIpc) is 2.90. The summed E-state index contributed by atoms with van der Waals surface area (Å²) in [7, 11) is 0. The van der Waals surface area contributed by atoms with Crippen LogP contribution in [0.1, 0.15) is 17.2 Å². The molecule has 0 saturated heterocycles. The molecule has 0 spiro atoms. The molecule has 0 saturated carbocycles. The molecular weight excluding hydrogens is 226 g/mol. The van der Waals surface area contributed by atoms with Crippen molar-refractivity contribution in [2.75, 3.05) is 5.75 Å². The van der Waals surface area contributed by atoms with E-state index in [0.29, 0.717) is 6.04 Å². The van der Waals surface area contributed by atoms with Gasteiger partial charge in [0, 0.05) is 11.3 Å². The normalized spacial score (nSPS) is 19.1. The van der Waals surface area contributed by atoms with Crippen molar-refractivity contribution in [3.8, 4) is 0 Å². The van der Waals surface area contributed by atoms with E-state index in [1.54, 1.807) is 0 Å². The van der Waals surface area contributed by atoms with E-state index in [2.05, 4.69) is 48.5 Å². The van der Waals surface area contributed by atoms with Gasteiger partial charge in [-0.25, -0.2) is 0 Å². The molecule has 0 amide bonds. The second kappa shape index (κ2) is 4.76. The molecule has 0 bridgehead atoms. The van der Waals surface area contributed by atoms with Gasteiger partial charge in [0.15, 0.2) is 0 Å². The van der Waals surface area contributed by atoms with E-state index < -0.39 is 0 Å². The van der Waals surface area contributed by atoms with Gasteiger partial charge in [-0.15, -0.1) is 11.8 Å². The molecule has 1 unspecified atom stereocenters. The van der Waals surface area contributed by atoms with E-state index in [1.165, 1.54) is 16.2 Å². The topological polar surface area (TPSA) is 12.4 Å². The molecule has 84 valence electrons. The third kappa shape index (κ3) is 2.27. The van der Waals surface area contributed by atoms with Crippen molar-refractivity contribution in [3.63, 3.8) is 0 Å². The lowest BCUT2D eigenvalue weighted by atomic mass is 10.1. The Kier molecular flexibility index (Phi) is 2.97. The van der Waals surface area contributed by atoms with Crippen LogP contribution in [-0.2, 0) is 0 Å². The Hall–Kier alpha value is -1.54. The number of hydrogen-bond donors (Lipinski definition) is 0. The van der Waals surface area contributed by atoms with Gasteiger partial charge in [-0.3, -0.25) is 4.99 Å². The predicted octanol–water partition coefficient (Wildman–Crippen LogP) is 3.92. The summed E-state index contributed by atoms with van der Waals surface area (Å²) in [5, 5.41) is 1.17. The molecule has 1 heterocycles. The van der Waals surface area contributed by atoms with Crippen molar-refractivity contribution in [1.82, 2.24) is 0 Å². The molecule has 0 aromatic heterocycles. The lowest BCUT2D eigenvalue weighted by Crippen LogP contribution is -1.93. The largest absolute Gasteiger partial charge is 0.269 e. The maximum atomic E-state index is 4.81. The second-order valence-corrected chi connectivity index (χ2v) is 5.05. The molecular formula is C15H13NS. The van der Waals surface area contributed by atoms with Crippen LogP contribution in [0.25, 0.3) is 0 Å². The van der Waals surface area contributed by atoms with E-state index in [9.17, 15) is 0 Å². The Morgan fingerprint density at radius 1 is 0.882 bits per heavy atom. The standard InChI is InChI=1S/C15H13NS/c1-3-7-12(8-4-1)14-11-17-15(16-14)13-9-5-2-6-10-13/h1-10,14H,11H2. The monoisotopic (exact) mass is 239 g/mol. The van der Waals surface area contributed by atoms with E-state index >= 15 is 0 Å². The van der Waals surface area contributed by atoms with E-state index in [1.807, 2.05) is 23.9 Å². The Balaban J connectivity index is 1.87. The van der Waals surface area contributed by atoms with Gasteiger partial charge in [0.1, 0.15) is 0 Å². The zero-order valence-corrected chi connectivity index (χ0v) is 10.2. The van der Waals surface area contributed by atoms with Crippen molar-refractivity contribution >= 4 is 16.8 Å². The molecule has 0 radical (unpaired) electrons. The van der Waals surface area contributed by atoms with Crippen molar-refractivity contribution in [2.24, 2.45) is 4.99 Å². The van der Waals surface area contributed by atoms with Gasteiger partial charge in [-0.2, -0.15) is 0 Å². The van der Waals surface area contributed by atoms with Crippen LogP contribution in [0, 0.1) is 0 Å². The van der Waals surface area contributed by atoms with Gasteiger partial charge in [-0.1, -0.05) is 60.7 Å². The summed E-state index contributed by atoms with van der Waals surface area (Å²) in [4.78, 5) is 4.81. The summed E-state index contributed by atoms with van der Waals surface area (Å²) in [5.74, 6) is 1.05. The van der Waals surface area contributed by atoms with Crippen molar-refractivity contribution < 1.29 is 0 Å². The van der Waals surface area contributed by atoms with Crippen LogP contribution in [0.2, 0.25) is 0 Å². The Labute approximate surface area is 106 Å². The first kappa shape index (κ1) is 10.6. The van der Waals surface area contributed by atoms with E-state index in [-0.39, 0.29) is 0 Å². The number of rotatable bonds is 2. The molecule has 1 atom stereocenters. The molecule has 17 heavy (non-hydrogen) atoms. The Morgan fingerprint density at radius 3 is 2.24 bits per heavy atom. The van der Waals surface area contributed by atoms with Gasteiger partial charge < -0.3 is 0 Å². The van der Waals surface area contributed by atoms with Crippen LogP contribution in [-0.4, -0.2) is 10.8 Å². The summed E-state index contributed by atoms with van der Waals surface area (Å²) < 4.78 is 0. The van der Waals surface area contributed by atoms with Gasteiger partial charge in [0.05, 0.1) is 11.1 Å². The quantitative estimate of drug-likeness (QED) is 0.773. The molecule has 2 aromatic carbocycles. The van der Waals surface area contributed by atoms with Crippen molar-refractivity contribution in [2.45, 2.75) is 6.04 Å². The predicted molar refractivity (Wildman–Crippen MR) is 74.6 cm³/mol. The highest BCUT2D eigenvalue weighted by Gasteiger charge is 2.20. The molecule has 1 nitrogen and oxygen atoms in total. The number of benzene rings is 2. The summed E-state index contributed by atoms with van der Waals surface area (Å²) in [6.07, 6.45) is 0. The smallest absolute Gasteiger partial charge is 0.0985 e. The second-order valence-electron chi connectivity index (χ2n) is 4.04. The fourth-order valence-corrected chi connectivity index (χ4v) is 3.05. The number of nitrogens with zero attached hydrogens (tertiary/aromatic N) is 1. The molecule has 2 heteroatoms. The van der Waals surface area contributed by atoms with Crippen LogP contribution >= 0.6 is 11.8 Å². The Morgan fingerprint density at radius 2 is 1.53 bits per heavy atom. The van der Waals surface area contributed by atoms with Gasteiger partial charge in [-0.05, 0) is 5.56 Å². The van der Waals surface area contributed by atoms with Crippen molar-refractivity contribution in [1.29, 1.82) is 0 Å². The highest BCUT2D eigenvalue weighted by molar-refractivity contribution is 8.14. The Bertz CT molecular complexity index is 519. The summed E-state index contributed by atoms with van der Waals surface area (Å²) in [6.45, 7) is 0. The molecule has 0 fully saturated rings. The maximum absolute atomic E-state index is 4.81. The molecule has 1 aliphatic rings. The highest BCUT2D eigenvalue weighted by Crippen LogP contribution is 2.32. The number of thioether (sulfide) groups is 1. The minimum atomic E-state index is 0.316. The minimum absolute atomic E-state index is 0.316. The first-order valence-electron chi connectivity index (χ1n) is 5.74. The molecule has 2 aromatic rings. The van der Waals surface area contributed by atoms with Crippen LogP contribution in [0.3, 0.4) is 0 Å². The molecule has 1 aliphatic heterocycles. The molecule has 3 rings (SSSR count). The zero-order valence-electron chi connectivity index (χ0n) is 9.41. The third-order valence-electron chi connectivity index (χ3n) is 2.86. The lowest BCUT2D eigenvalue weighted by Gasteiger charge is -2.04. The van der Waals surface area contributed by atoms with Gasteiger partial charge in [0.25, 0.3) is 0 Å². The summed E-state index contributed by atoms with van der Waals surface area (Å²) >= 11 is 1.85. The first-order valence-corrected chi connectivity index (χ1v) is 6.73. The summed E-state index contributed by atoms with van der Waals surface area (Å²) in [6, 6.07) is 21.3. The lowest BCUT2D eigenvalue weighted by molar-refractivity contribution is 0.850.